The van der Waals surface area contributed by atoms with E-state index < -0.39 is 9.84 Å². The SMILES string of the molecule is O=c1ccc(-c2cccs2)nn1CN1CCN([C@@H]2CCS(=O)(=O)C2)CC1. The lowest BCUT2D eigenvalue weighted by molar-refractivity contribution is 0.0800. The van der Waals surface area contributed by atoms with E-state index in [-0.39, 0.29) is 17.4 Å². The minimum absolute atomic E-state index is 0.102. The molecule has 2 aliphatic heterocycles. The molecule has 7 nitrogen and oxygen atoms in total. The molecule has 26 heavy (non-hydrogen) atoms. The lowest BCUT2D eigenvalue weighted by atomic mass is 10.2. The van der Waals surface area contributed by atoms with Crippen molar-refractivity contribution in [2.24, 2.45) is 0 Å². The van der Waals surface area contributed by atoms with Crippen molar-refractivity contribution in [1.29, 1.82) is 0 Å². The van der Waals surface area contributed by atoms with Gasteiger partial charge in [0.25, 0.3) is 5.56 Å². The first kappa shape index (κ1) is 17.8. The molecule has 0 amide bonds. The minimum atomic E-state index is -2.85. The molecule has 0 N–H and O–H groups in total. The highest BCUT2D eigenvalue weighted by atomic mass is 32.2. The van der Waals surface area contributed by atoms with E-state index >= 15 is 0 Å². The molecule has 2 aromatic rings. The minimum Gasteiger partial charge on any atom is -0.297 e. The summed E-state index contributed by atoms with van der Waals surface area (Å²) in [6, 6.07) is 7.46. The van der Waals surface area contributed by atoms with Crippen LogP contribution in [-0.4, -0.2) is 71.7 Å². The van der Waals surface area contributed by atoms with Crippen LogP contribution >= 0.6 is 11.3 Å². The predicted octanol–water partition coefficient (Wildman–Crippen LogP) is 0.734. The molecular formula is C17H22N4O3S2. The maximum atomic E-state index is 12.2. The number of nitrogens with zero attached hydrogens (tertiary/aromatic N) is 4. The van der Waals surface area contributed by atoms with Crippen molar-refractivity contribution in [2.45, 2.75) is 19.1 Å². The molecule has 2 aromatic heterocycles. The van der Waals surface area contributed by atoms with E-state index in [2.05, 4.69) is 14.9 Å². The Hall–Kier alpha value is -1.55. The van der Waals surface area contributed by atoms with Crippen molar-refractivity contribution < 1.29 is 8.42 Å². The molecule has 0 aliphatic carbocycles. The third-order valence-corrected chi connectivity index (χ3v) is 7.75. The van der Waals surface area contributed by atoms with E-state index in [9.17, 15) is 13.2 Å². The summed E-state index contributed by atoms with van der Waals surface area (Å²) in [7, 11) is -2.85. The molecule has 0 radical (unpaired) electrons. The van der Waals surface area contributed by atoms with E-state index in [0.717, 1.165) is 43.2 Å². The van der Waals surface area contributed by atoms with Crippen LogP contribution in [0.25, 0.3) is 10.6 Å². The average Bonchev–Trinajstić information content (AvgIpc) is 3.27. The summed E-state index contributed by atoms with van der Waals surface area (Å²) in [5.41, 5.74) is 0.712. The van der Waals surface area contributed by atoms with Gasteiger partial charge in [-0.3, -0.25) is 14.6 Å². The lowest BCUT2D eigenvalue weighted by Gasteiger charge is -2.37. The third kappa shape index (κ3) is 3.90. The number of thiophene rings is 1. The van der Waals surface area contributed by atoms with Crippen LogP contribution in [-0.2, 0) is 16.5 Å². The van der Waals surface area contributed by atoms with Gasteiger partial charge in [0.15, 0.2) is 9.84 Å². The highest BCUT2D eigenvalue weighted by molar-refractivity contribution is 7.91. The van der Waals surface area contributed by atoms with Gasteiger partial charge in [0.1, 0.15) is 5.69 Å². The second-order valence-electron chi connectivity index (χ2n) is 6.89. The molecule has 0 saturated carbocycles. The Balaban J connectivity index is 1.39. The Bertz CT molecular complexity index is 916. The standard InChI is InChI=1S/C17H22N4O3S2/c22-17-4-3-15(16-2-1-10-25-16)18-21(17)13-19-6-8-20(9-7-19)14-5-11-26(23,24)12-14/h1-4,10,14H,5-9,11-13H2/t14-/m1/s1. The molecule has 4 heterocycles. The zero-order valence-corrected chi connectivity index (χ0v) is 16.1. The largest absolute Gasteiger partial charge is 0.297 e. The van der Waals surface area contributed by atoms with Crippen LogP contribution in [0, 0.1) is 0 Å². The predicted molar refractivity (Wildman–Crippen MR) is 102 cm³/mol. The monoisotopic (exact) mass is 394 g/mol. The van der Waals surface area contributed by atoms with Crippen LogP contribution in [0.5, 0.6) is 0 Å². The van der Waals surface area contributed by atoms with Crippen molar-refractivity contribution in [3.8, 4) is 10.6 Å². The van der Waals surface area contributed by atoms with Gasteiger partial charge in [-0.15, -0.1) is 11.3 Å². The third-order valence-electron chi connectivity index (χ3n) is 5.11. The summed E-state index contributed by atoms with van der Waals surface area (Å²) in [6.45, 7) is 3.76. The van der Waals surface area contributed by atoms with Crippen LogP contribution in [0.2, 0.25) is 0 Å². The molecule has 9 heteroatoms. The van der Waals surface area contributed by atoms with Gasteiger partial charge in [-0.05, 0) is 23.9 Å². The van der Waals surface area contributed by atoms with E-state index in [1.807, 2.05) is 17.5 Å². The Morgan fingerprint density at radius 2 is 1.96 bits per heavy atom. The van der Waals surface area contributed by atoms with Crippen LogP contribution in [0.15, 0.2) is 34.4 Å². The summed E-state index contributed by atoms with van der Waals surface area (Å²) in [5, 5.41) is 6.50. The molecule has 2 fully saturated rings. The maximum absolute atomic E-state index is 12.2. The molecule has 2 saturated heterocycles. The van der Waals surface area contributed by atoms with Crippen molar-refractivity contribution in [3.05, 3.63) is 40.0 Å². The van der Waals surface area contributed by atoms with Crippen LogP contribution < -0.4 is 5.56 Å². The Morgan fingerprint density at radius 1 is 1.15 bits per heavy atom. The summed E-state index contributed by atoms with van der Waals surface area (Å²) in [4.78, 5) is 17.7. The van der Waals surface area contributed by atoms with Gasteiger partial charge in [-0.1, -0.05) is 6.07 Å². The van der Waals surface area contributed by atoms with Crippen molar-refractivity contribution in [1.82, 2.24) is 19.6 Å². The van der Waals surface area contributed by atoms with Gasteiger partial charge in [-0.25, -0.2) is 13.1 Å². The number of aromatic nitrogens is 2. The molecular weight excluding hydrogens is 372 g/mol. The highest BCUT2D eigenvalue weighted by Crippen LogP contribution is 2.21. The Labute approximate surface area is 156 Å². The topological polar surface area (TPSA) is 75.5 Å². The van der Waals surface area contributed by atoms with Crippen molar-refractivity contribution in [2.75, 3.05) is 37.7 Å². The van der Waals surface area contributed by atoms with Gasteiger partial charge in [0, 0.05) is 38.3 Å². The molecule has 0 aromatic carbocycles. The zero-order valence-electron chi connectivity index (χ0n) is 14.5. The van der Waals surface area contributed by atoms with E-state index in [1.54, 1.807) is 23.5 Å². The number of rotatable bonds is 4. The number of hydrogen-bond donors (Lipinski definition) is 0. The van der Waals surface area contributed by atoms with E-state index in [0.29, 0.717) is 12.4 Å². The average molecular weight is 395 g/mol. The molecule has 0 spiro atoms. The number of sulfone groups is 1. The fourth-order valence-electron chi connectivity index (χ4n) is 3.63. The van der Waals surface area contributed by atoms with Gasteiger partial charge in [-0.2, -0.15) is 5.10 Å². The van der Waals surface area contributed by atoms with Crippen molar-refractivity contribution >= 4 is 21.2 Å². The fourth-order valence-corrected chi connectivity index (χ4v) is 6.08. The smallest absolute Gasteiger partial charge is 0.268 e. The highest BCUT2D eigenvalue weighted by Gasteiger charge is 2.33. The van der Waals surface area contributed by atoms with Gasteiger partial charge < -0.3 is 0 Å². The quantitative estimate of drug-likeness (QED) is 0.761. The zero-order chi connectivity index (χ0) is 18.1. The summed E-state index contributed by atoms with van der Waals surface area (Å²) < 4.78 is 24.9. The van der Waals surface area contributed by atoms with E-state index in [4.69, 9.17) is 0 Å². The van der Waals surface area contributed by atoms with Gasteiger partial charge in [0.05, 0.1) is 23.1 Å². The Morgan fingerprint density at radius 3 is 2.62 bits per heavy atom. The van der Waals surface area contributed by atoms with Crippen molar-refractivity contribution in [3.63, 3.8) is 0 Å². The normalized spacial score (nSPS) is 24.1. The molecule has 0 bridgehead atoms. The summed E-state index contributed by atoms with van der Waals surface area (Å²) in [5.74, 6) is 0.601. The first-order valence-corrected chi connectivity index (χ1v) is 11.5. The molecule has 1 atom stereocenters. The van der Waals surface area contributed by atoms with Crippen LogP contribution in [0.3, 0.4) is 0 Å². The molecule has 2 aliphatic rings. The second kappa shape index (κ2) is 7.22. The van der Waals surface area contributed by atoms with Crippen LogP contribution in [0.1, 0.15) is 6.42 Å². The molecule has 4 rings (SSSR count). The first-order chi connectivity index (χ1) is 12.5. The summed E-state index contributed by atoms with van der Waals surface area (Å²) in [6.07, 6.45) is 0.742. The fraction of sp³-hybridized carbons (Fsp3) is 0.529. The number of piperazine rings is 1. The second-order valence-corrected chi connectivity index (χ2v) is 10.1. The Kier molecular flexibility index (Phi) is 4.96. The first-order valence-electron chi connectivity index (χ1n) is 8.79. The molecule has 0 unspecified atom stereocenters. The van der Waals surface area contributed by atoms with E-state index in [1.165, 1.54) is 4.68 Å². The van der Waals surface area contributed by atoms with Crippen LogP contribution in [0.4, 0.5) is 0 Å². The number of hydrogen-bond acceptors (Lipinski definition) is 7. The van der Waals surface area contributed by atoms with Gasteiger partial charge in [0.2, 0.25) is 0 Å². The summed E-state index contributed by atoms with van der Waals surface area (Å²) >= 11 is 1.60. The lowest BCUT2D eigenvalue weighted by Crippen LogP contribution is -2.51. The van der Waals surface area contributed by atoms with Gasteiger partial charge >= 0.3 is 0 Å². The maximum Gasteiger partial charge on any atom is 0.268 e. The molecule has 140 valence electrons.